The Morgan fingerprint density at radius 2 is 2.38 bits per heavy atom. The van der Waals surface area contributed by atoms with Crippen LogP contribution in [0.2, 0.25) is 0 Å². The van der Waals surface area contributed by atoms with Gasteiger partial charge in [0.15, 0.2) is 6.04 Å². The van der Waals surface area contributed by atoms with Crippen LogP contribution in [0.5, 0.6) is 0 Å². The van der Waals surface area contributed by atoms with Crippen LogP contribution in [-0.4, -0.2) is 25.2 Å². The summed E-state index contributed by atoms with van der Waals surface area (Å²) in [5.41, 5.74) is 0. The molecule has 1 saturated heterocycles. The van der Waals surface area contributed by atoms with Crippen molar-refractivity contribution in [2.75, 3.05) is 13.2 Å². The molecule has 0 amide bonds. The van der Waals surface area contributed by atoms with Crippen molar-refractivity contribution in [1.29, 1.82) is 0 Å². The summed E-state index contributed by atoms with van der Waals surface area (Å²) in [5.74, 6) is -0.00592. The van der Waals surface area contributed by atoms with Gasteiger partial charge in [-0.2, -0.15) is 0 Å². The van der Waals surface area contributed by atoms with Crippen molar-refractivity contribution in [3.8, 4) is 0 Å². The summed E-state index contributed by atoms with van der Waals surface area (Å²) in [6.07, 6.45) is 5.48. The van der Waals surface area contributed by atoms with Gasteiger partial charge in [-0.25, -0.2) is 4.79 Å². The highest BCUT2D eigenvalue weighted by molar-refractivity contribution is 5.74. The Morgan fingerprint density at radius 1 is 1.54 bits per heavy atom. The molecule has 1 aliphatic heterocycles. The van der Waals surface area contributed by atoms with Crippen LogP contribution in [-0.2, 0) is 9.53 Å². The van der Waals surface area contributed by atoms with Crippen LogP contribution in [0, 0.1) is 0 Å². The standard InChI is InChI=1S/C10H19NO2/c1-2-3-4-8-13-10(12)9-6-5-7-11-9/h9,11H,2-8H2,1H3/p+1/t9-/m0/s1. The lowest BCUT2D eigenvalue weighted by Crippen LogP contribution is -2.88. The Morgan fingerprint density at radius 3 is 3.00 bits per heavy atom. The third-order valence-corrected chi connectivity index (χ3v) is 2.47. The number of hydrogen-bond acceptors (Lipinski definition) is 2. The summed E-state index contributed by atoms with van der Waals surface area (Å²) in [5, 5.41) is 2.09. The van der Waals surface area contributed by atoms with Gasteiger partial charge in [0, 0.05) is 12.8 Å². The zero-order valence-corrected chi connectivity index (χ0v) is 8.42. The minimum Gasteiger partial charge on any atom is -0.461 e. The van der Waals surface area contributed by atoms with Gasteiger partial charge in [0.05, 0.1) is 13.2 Å². The minimum atomic E-state index is -0.00592. The molecule has 0 aromatic heterocycles. The van der Waals surface area contributed by atoms with Crippen molar-refractivity contribution >= 4 is 5.97 Å². The van der Waals surface area contributed by atoms with Gasteiger partial charge in [-0.3, -0.25) is 0 Å². The highest BCUT2D eigenvalue weighted by atomic mass is 16.5. The second-order valence-electron chi connectivity index (χ2n) is 3.65. The van der Waals surface area contributed by atoms with Crippen LogP contribution in [0.1, 0.15) is 39.0 Å². The summed E-state index contributed by atoms with van der Waals surface area (Å²) in [6.45, 7) is 3.83. The molecule has 1 fully saturated rings. The minimum absolute atomic E-state index is 0.00592. The lowest BCUT2D eigenvalue weighted by atomic mass is 10.2. The molecule has 3 nitrogen and oxygen atoms in total. The Balaban J connectivity index is 2.03. The molecule has 1 aliphatic rings. The summed E-state index contributed by atoms with van der Waals surface area (Å²) in [6, 6.07) is 0.0987. The number of esters is 1. The van der Waals surface area contributed by atoms with Crippen molar-refractivity contribution < 1.29 is 14.8 Å². The van der Waals surface area contributed by atoms with E-state index in [1.54, 1.807) is 0 Å². The lowest BCUT2D eigenvalue weighted by Gasteiger charge is -2.07. The van der Waals surface area contributed by atoms with Crippen LogP contribution in [0.25, 0.3) is 0 Å². The van der Waals surface area contributed by atoms with Crippen molar-refractivity contribution in [2.45, 2.75) is 45.1 Å². The summed E-state index contributed by atoms with van der Waals surface area (Å²) < 4.78 is 5.16. The number of hydrogen-bond donors (Lipinski definition) is 1. The first-order valence-electron chi connectivity index (χ1n) is 5.34. The maximum absolute atomic E-state index is 11.4. The molecule has 1 rings (SSSR count). The van der Waals surface area contributed by atoms with E-state index in [1.807, 2.05) is 0 Å². The lowest BCUT2D eigenvalue weighted by molar-refractivity contribution is -0.658. The summed E-state index contributed by atoms with van der Waals surface area (Å²) in [4.78, 5) is 11.4. The molecule has 76 valence electrons. The first-order chi connectivity index (χ1) is 6.34. The van der Waals surface area contributed by atoms with E-state index in [0.717, 1.165) is 32.2 Å². The molecule has 1 heterocycles. The van der Waals surface area contributed by atoms with Crippen LogP contribution in [0.3, 0.4) is 0 Å². The number of nitrogens with two attached hydrogens (primary N) is 1. The predicted molar refractivity (Wildman–Crippen MR) is 50.3 cm³/mol. The molecule has 1 atom stereocenters. The van der Waals surface area contributed by atoms with E-state index in [1.165, 1.54) is 6.42 Å². The predicted octanol–water partition coefficient (Wildman–Crippen LogP) is 0.446. The fourth-order valence-electron chi connectivity index (χ4n) is 1.62. The topological polar surface area (TPSA) is 42.9 Å². The maximum Gasteiger partial charge on any atom is 0.364 e. The van der Waals surface area contributed by atoms with Crippen LogP contribution in [0.4, 0.5) is 0 Å². The van der Waals surface area contributed by atoms with Gasteiger partial charge >= 0.3 is 5.97 Å². The normalized spacial score (nSPS) is 21.8. The molecule has 0 aromatic carbocycles. The molecular formula is C10H20NO2+. The van der Waals surface area contributed by atoms with Gasteiger partial charge in [-0.15, -0.1) is 0 Å². The molecule has 0 spiro atoms. The van der Waals surface area contributed by atoms with Gasteiger partial charge < -0.3 is 10.1 Å². The third kappa shape index (κ3) is 3.77. The van der Waals surface area contributed by atoms with Crippen molar-refractivity contribution in [3.05, 3.63) is 0 Å². The Labute approximate surface area is 79.8 Å². The van der Waals surface area contributed by atoms with Crippen molar-refractivity contribution in [3.63, 3.8) is 0 Å². The molecule has 0 aliphatic carbocycles. The maximum atomic E-state index is 11.4. The Bertz CT molecular complexity index is 153. The quantitative estimate of drug-likeness (QED) is 0.500. The highest BCUT2D eigenvalue weighted by Crippen LogP contribution is 2.01. The van der Waals surface area contributed by atoms with Gasteiger partial charge in [0.25, 0.3) is 0 Å². The van der Waals surface area contributed by atoms with Crippen molar-refractivity contribution in [2.24, 2.45) is 0 Å². The van der Waals surface area contributed by atoms with Crippen LogP contribution in [0.15, 0.2) is 0 Å². The molecule has 3 heteroatoms. The Kier molecular flexibility index (Phi) is 4.83. The largest absolute Gasteiger partial charge is 0.461 e. The summed E-state index contributed by atoms with van der Waals surface area (Å²) in [7, 11) is 0. The SMILES string of the molecule is CCCCCOC(=O)[C@@H]1CCC[NH2+]1. The van der Waals surface area contributed by atoms with E-state index in [2.05, 4.69) is 12.2 Å². The molecule has 0 bridgehead atoms. The monoisotopic (exact) mass is 186 g/mol. The van der Waals surface area contributed by atoms with E-state index >= 15 is 0 Å². The first-order valence-corrected chi connectivity index (χ1v) is 5.34. The highest BCUT2D eigenvalue weighted by Gasteiger charge is 2.27. The number of unbranched alkanes of at least 4 members (excludes halogenated alkanes) is 2. The fraction of sp³-hybridized carbons (Fsp3) is 0.900. The van der Waals surface area contributed by atoms with Gasteiger partial charge in [-0.1, -0.05) is 19.8 Å². The second-order valence-corrected chi connectivity index (χ2v) is 3.65. The number of carbonyl (C=O) groups is 1. The van der Waals surface area contributed by atoms with E-state index in [4.69, 9.17) is 4.74 Å². The smallest absolute Gasteiger partial charge is 0.364 e. The van der Waals surface area contributed by atoms with E-state index < -0.39 is 0 Å². The van der Waals surface area contributed by atoms with E-state index in [9.17, 15) is 4.79 Å². The molecule has 13 heavy (non-hydrogen) atoms. The molecule has 0 radical (unpaired) electrons. The number of quaternary nitrogens is 1. The van der Waals surface area contributed by atoms with Gasteiger partial charge in [0.2, 0.25) is 0 Å². The number of carbonyl (C=O) groups excluding carboxylic acids is 1. The molecule has 0 unspecified atom stereocenters. The zero-order chi connectivity index (χ0) is 9.52. The molecular weight excluding hydrogens is 166 g/mol. The van der Waals surface area contributed by atoms with Crippen molar-refractivity contribution in [1.82, 2.24) is 0 Å². The third-order valence-electron chi connectivity index (χ3n) is 2.47. The molecule has 0 saturated carbocycles. The van der Waals surface area contributed by atoms with E-state index in [0.29, 0.717) is 6.61 Å². The number of ether oxygens (including phenoxy) is 1. The van der Waals surface area contributed by atoms with Crippen LogP contribution < -0.4 is 5.32 Å². The Hall–Kier alpha value is -0.570. The molecule has 2 N–H and O–H groups in total. The number of rotatable bonds is 5. The second kappa shape index (κ2) is 5.97. The molecule has 0 aromatic rings. The average molecular weight is 186 g/mol. The van der Waals surface area contributed by atoms with Crippen LogP contribution >= 0.6 is 0 Å². The van der Waals surface area contributed by atoms with E-state index in [-0.39, 0.29) is 12.0 Å². The summed E-state index contributed by atoms with van der Waals surface area (Å²) >= 11 is 0. The average Bonchev–Trinajstić information content (AvgIpc) is 2.65. The van der Waals surface area contributed by atoms with Gasteiger partial charge in [-0.05, 0) is 6.42 Å². The fourth-order valence-corrected chi connectivity index (χ4v) is 1.62. The zero-order valence-electron chi connectivity index (χ0n) is 8.42. The van der Waals surface area contributed by atoms with Gasteiger partial charge in [0.1, 0.15) is 0 Å². The first kappa shape index (κ1) is 10.5.